The number of hydrogen-bond acceptors (Lipinski definition) is 7. The maximum absolute atomic E-state index is 13.6. The van der Waals surface area contributed by atoms with Gasteiger partial charge in [-0.25, -0.2) is 15.0 Å². The third-order valence-corrected chi connectivity index (χ3v) is 8.93. The number of benzene rings is 1. The zero-order valence-corrected chi connectivity index (χ0v) is 23.7. The lowest BCUT2D eigenvalue weighted by molar-refractivity contribution is -0.141. The standard InChI is InChI=1S/C29H33F3N6O2S/c1-19-15-20(17-21(16-19)36-27-34-12-8-23(37-27)29(30,31)32)22-18-35-26(41-22)28(9-3-2-4-10-28)25(40)33-11-6-14-38-13-5-7-24(38)39/h8,12,15-18H,2-7,9-11,13-14H2,1H3,(H,33,40)(H,34,36,37). The van der Waals surface area contributed by atoms with Crippen LogP contribution in [0.15, 0.2) is 36.7 Å². The van der Waals surface area contributed by atoms with E-state index in [-0.39, 0.29) is 17.8 Å². The fraction of sp³-hybridized carbons (Fsp3) is 0.483. The molecule has 0 radical (unpaired) electrons. The van der Waals surface area contributed by atoms with Crippen molar-refractivity contribution in [3.8, 4) is 10.4 Å². The minimum Gasteiger partial charge on any atom is -0.355 e. The van der Waals surface area contributed by atoms with E-state index in [0.717, 1.165) is 78.3 Å². The zero-order valence-electron chi connectivity index (χ0n) is 22.9. The van der Waals surface area contributed by atoms with E-state index in [1.807, 2.05) is 24.0 Å². The van der Waals surface area contributed by atoms with E-state index in [1.54, 1.807) is 12.3 Å². The molecular formula is C29H33F3N6O2S. The van der Waals surface area contributed by atoms with Gasteiger partial charge in [0.15, 0.2) is 0 Å². The molecule has 1 aromatic carbocycles. The van der Waals surface area contributed by atoms with Crippen molar-refractivity contribution in [2.45, 2.75) is 69.9 Å². The number of halogens is 3. The second kappa shape index (κ2) is 12.1. The molecule has 5 rings (SSSR count). The summed E-state index contributed by atoms with van der Waals surface area (Å²) in [7, 11) is 0. The highest BCUT2D eigenvalue weighted by molar-refractivity contribution is 7.15. The van der Waals surface area contributed by atoms with Crippen LogP contribution in [-0.4, -0.2) is 51.3 Å². The van der Waals surface area contributed by atoms with Crippen molar-refractivity contribution in [2.24, 2.45) is 0 Å². The summed E-state index contributed by atoms with van der Waals surface area (Å²) in [6, 6.07) is 6.43. The van der Waals surface area contributed by atoms with E-state index in [1.165, 1.54) is 11.3 Å². The predicted molar refractivity (Wildman–Crippen MR) is 151 cm³/mol. The Morgan fingerprint density at radius 2 is 1.93 bits per heavy atom. The average molecular weight is 587 g/mol. The number of carbonyl (C=O) groups is 2. The summed E-state index contributed by atoms with van der Waals surface area (Å²) < 4.78 is 39.3. The molecule has 2 aliphatic rings. The van der Waals surface area contributed by atoms with Crippen molar-refractivity contribution in [1.82, 2.24) is 25.2 Å². The molecular weight excluding hydrogens is 553 g/mol. The van der Waals surface area contributed by atoms with E-state index in [2.05, 4.69) is 20.6 Å². The van der Waals surface area contributed by atoms with Crippen molar-refractivity contribution in [1.29, 1.82) is 0 Å². The molecule has 2 amide bonds. The van der Waals surface area contributed by atoms with Gasteiger partial charge in [-0.1, -0.05) is 25.3 Å². The number of carbonyl (C=O) groups excluding carboxylic acids is 2. The molecule has 2 aromatic heterocycles. The Kier molecular flexibility index (Phi) is 8.58. The molecule has 12 heteroatoms. The number of nitrogens with zero attached hydrogens (tertiary/aromatic N) is 4. The number of rotatable bonds is 9. The predicted octanol–water partition coefficient (Wildman–Crippen LogP) is 6.00. The van der Waals surface area contributed by atoms with Crippen LogP contribution in [0.4, 0.5) is 24.8 Å². The van der Waals surface area contributed by atoms with Crippen molar-refractivity contribution in [3.63, 3.8) is 0 Å². The third kappa shape index (κ3) is 6.69. The number of aromatic nitrogens is 3. The molecule has 41 heavy (non-hydrogen) atoms. The normalized spacial score (nSPS) is 17.1. The Bertz CT molecular complexity index is 1400. The number of thiazole rings is 1. The van der Waals surface area contributed by atoms with Gasteiger partial charge in [-0.3, -0.25) is 9.59 Å². The summed E-state index contributed by atoms with van der Waals surface area (Å²) in [4.78, 5) is 40.5. The number of nitrogens with one attached hydrogen (secondary N) is 2. The van der Waals surface area contributed by atoms with Crippen LogP contribution in [0.2, 0.25) is 0 Å². The van der Waals surface area contributed by atoms with Crippen LogP contribution in [0.1, 0.15) is 67.6 Å². The van der Waals surface area contributed by atoms with Crippen LogP contribution in [0, 0.1) is 6.92 Å². The van der Waals surface area contributed by atoms with Crippen molar-refractivity contribution in [2.75, 3.05) is 25.0 Å². The van der Waals surface area contributed by atoms with Crippen LogP contribution in [0.25, 0.3) is 10.4 Å². The van der Waals surface area contributed by atoms with Crippen molar-refractivity contribution < 1.29 is 22.8 Å². The molecule has 8 nitrogen and oxygen atoms in total. The van der Waals surface area contributed by atoms with Crippen molar-refractivity contribution >= 4 is 34.8 Å². The molecule has 2 fully saturated rings. The minimum atomic E-state index is -4.57. The Balaban J connectivity index is 1.32. The lowest BCUT2D eigenvalue weighted by Crippen LogP contribution is -2.46. The van der Waals surface area contributed by atoms with Crippen LogP contribution < -0.4 is 10.6 Å². The van der Waals surface area contributed by atoms with Crippen LogP contribution in [-0.2, 0) is 21.2 Å². The molecule has 0 bridgehead atoms. The monoisotopic (exact) mass is 586 g/mol. The summed E-state index contributed by atoms with van der Waals surface area (Å²) in [6.07, 6.45) is 4.92. The van der Waals surface area contributed by atoms with Gasteiger partial charge < -0.3 is 15.5 Å². The molecule has 1 aliphatic heterocycles. The minimum absolute atomic E-state index is 0.0147. The van der Waals surface area contributed by atoms with Crippen LogP contribution in [0.3, 0.4) is 0 Å². The molecule has 1 saturated heterocycles. The summed E-state index contributed by atoms with van der Waals surface area (Å²) in [6.45, 7) is 3.85. The lowest BCUT2D eigenvalue weighted by atomic mass is 9.73. The molecule has 0 spiro atoms. The topological polar surface area (TPSA) is 100 Å². The molecule has 2 N–H and O–H groups in total. The number of alkyl halides is 3. The average Bonchev–Trinajstić information content (AvgIpc) is 3.60. The van der Waals surface area contributed by atoms with E-state index < -0.39 is 17.3 Å². The first-order chi connectivity index (χ1) is 19.6. The maximum atomic E-state index is 13.6. The van der Waals surface area contributed by atoms with E-state index in [4.69, 9.17) is 4.98 Å². The van der Waals surface area contributed by atoms with Gasteiger partial charge in [0, 0.05) is 44.1 Å². The zero-order chi connectivity index (χ0) is 29.0. The van der Waals surface area contributed by atoms with Gasteiger partial charge in [-0.05, 0) is 61.9 Å². The lowest BCUT2D eigenvalue weighted by Gasteiger charge is -2.34. The molecule has 1 saturated carbocycles. The molecule has 218 valence electrons. The highest BCUT2D eigenvalue weighted by atomic mass is 32.1. The fourth-order valence-corrected chi connectivity index (χ4v) is 6.75. The highest BCUT2D eigenvalue weighted by Gasteiger charge is 2.43. The Labute approximate surface area is 240 Å². The van der Waals surface area contributed by atoms with Gasteiger partial charge in [-0.2, -0.15) is 13.2 Å². The van der Waals surface area contributed by atoms with Gasteiger partial charge in [-0.15, -0.1) is 11.3 Å². The number of amides is 2. The largest absolute Gasteiger partial charge is 0.433 e. The van der Waals surface area contributed by atoms with E-state index >= 15 is 0 Å². The third-order valence-electron chi connectivity index (χ3n) is 7.68. The number of likely N-dealkylation sites (tertiary alicyclic amines) is 1. The van der Waals surface area contributed by atoms with Gasteiger partial charge >= 0.3 is 6.18 Å². The second-order valence-electron chi connectivity index (χ2n) is 10.7. The first-order valence-corrected chi connectivity index (χ1v) is 14.8. The summed E-state index contributed by atoms with van der Waals surface area (Å²) in [5, 5.41) is 6.79. The first-order valence-electron chi connectivity index (χ1n) is 14.0. The molecule has 0 atom stereocenters. The molecule has 0 unspecified atom stereocenters. The highest BCUT2D eigenvalue weighted by Crippen LogP contribution is 2.43. The Hall–Kier alpha value is -3.54. The SMILES string of the molecule is Cc1cc(Nc2nccc(C(F)(F)F)n2)cc(-c2cnc(C3(C(=O)NCCCN4CCCC4=O)CCCCC3)s2)c1. The van der Waals surface area contributed by atoms with Gasteiger partial charge in [0.25, 0.3) is 0 Å². The molecule has 3 aromatic rings. The van der Waals surface area contributed by atoms with Gasteiger partial charge in [0.1, 0.15) is 16.1 Å². The summed E-state index contributed by atoms with van der Waals surface area (Å²) in [5.74, 6) is 0.0275. The smallest absolute Gasteiger partial charge is 0.355 e. The first kappa shape index (κ1) is 29.0. The van der Waals surface area contributed by atoms with E-state index in [9.17, 15) is 22.8 Å². The summed E-state index contributed by atoms with van der Waals surface area (Å²) >= 11 is 1.48. The second-order valence-corrected chi connectivity index (χ2v) is 11.8. The van der Waals surface area contributed by atoms with Gasteiger partial charge in [0.05, 0.1) is 4.88 Å². The Morgan fingerprint density at radius 3 is 2.66 bits per heavy atom. The number of aryl methyl sites for hydroxylation is 1. The van der Waals surface area contributed by atoms with E-state index in [0.29, 0.717) is 31.6 Å². The Morgan fingerprint density at radius 1 is 1.12 bits per heavy atom. The number of anilines is 2. The van der Waals surface area contributed by atoms with Crippen LogP contribution >= 0.6 is 11.3 Å². The number of hydrogen-bond donors (Lipinski definition) is 2. The van der Waals surface area contributed by atoms with Gasteiger partial charge in [0.2, 0.25) is 17.8 Å². The van der Waals surface area contributed by atoms with Crippen LogP contribution in [0.5, 0.6) is 0 Å². The fourth-order valence-electron chi connectivity index (χ4n) is 5.61. The molecule has 1 aliphatic carbocycles. The maximum Gasteiger partial charge on any atom is 0.433 e. The molecule has 3 heterocycles. The summed E-state index contributed by atoms with van der Waals surface area (Å²) in [5.41, 5.74) is 0.575. The van der Waals surface area contributed by atoms with Crippen molar-refractivity contribution in [3.05, 3.63) is 52.9 Å². The quantitative estimate of drug-likeness (QED) is 0.298.